The first kappa shape index (κ1) is 16.9. The Hall–Kier alpha value is -2.99. The summed E-state index contributed by atoms with van der Waals surface area (Å²) < 4.78 is 5.61. The van der Waals surface area contributed by atoms with Crippen LogP contribution in [0.4, 0.5) is 28.7 Å². The standard InChI is InChI=1S/C18H18ClN5O/c1-2-25-15-9-4-3-8-14(15)24-18-16(20)17(21-11-22-18)23-13-7-5-6-12(19)10-13/h3-11H,2,20H2,1H3,(H2,21,22,23,24). The van der Waals surface area contributed by atoms with Crippen molar-refractivity contribution in [2.45, 2.75) is 6.92 Å². The number of nitrogens with two attached hydrogens (primary N) is 1. The summed E-state index contributed by atoms with van der Waals surface area (Å²) >= 11 is 6.01. The maximum atomic E-state index is 6.22. The third-order valence-corrected chi connectivity index (χ3v) is 3.65. The van der Waals surface area contributed by atoms with E-state index in [4.69, 9.17) is 22.1 Å². The molecule has 1 aromatic heterocycles. The number of halogens is 1. The molecule has 3 rings (SSSR count). The first-order valence-corrected chi connectivity index (χ1v) is 8.17. The zero-order valence-electron chi connectivity index (χ0n) is 13.7. The fourth-order valence-electron chi connectivity index (χ4n) is 2.28. The van der Waals surface area contributed by atoms with Crippen molar-refractivity contribution in [2.75, 3.05) is 23.0 Å². The van der Waals surface area contributed by atoms with Crippen molar-refractivity contribution in [1.82, 2.24) is 9.97 Å². The predicted octanol–water partition coefficient (Wildman–Crippen LogP) is 4.60. The molecule has 6 nitrogen and oxygen atoms in total. The van der Waals surface area contributed by atoms with E-state index in [0.717, 1.165) is 17.1 Å². The summed E-state index contributed by atoms with van der Waals surface area (Å²) in [4.78, 5) is 8.43. The summed E-state index contributed by atoms with van der Waals surface area (Å²) in [6, 6.07) is 14.9. The van der Waals surface area contributed by atoms with Gasteiger partial charge in [0.1, 0.15) is 17.8 Å². The molecule has 3 aromatic rings. The van der Waals surface area contributed by atoms with Crippen molar-refractivity contribution in [3.63, 3.8) is 0 Å². The van der Waals surface area contributed by atoms with Crippen molar-refractivity contribution in [2.24, 2.45) is 0 Å². The lowest BCUT2D eigenvalue weighted by molar-refractivity contribution is 0.342. The summed E-state index contributed by atoms with van der Waals surface area (Å²) in [5.41, 5.74) is 8.19. The molecule has 0 unspecified atom stereocenters. The van der Waals surface area contributed by atoms with Gasteiger partial charge in [0.05, 0.1) is 12.3 Å². The van der Waals surface area contributed by atoms with E-state index in [1.54, 1.807) is 12.1 Å². The van der Waals surface area contributed by atoms with Crippen LogP contribution in [-0.2, 0) is 0 Å². The molecule has 0 aliphatic rings. The zero-order valence-corrected chi connectivity index (χ0v) is 14.4. The van der Waals surface area contributed by atoms with Crippen LogP contribution in [0.2, 0.25) is 5.02 Å². The number of rotatable bonds is 6. The number of hydrogen-bond donors (Lipinski definition) is 3. The van der Waals surface area contributed by atoms with Crippen LogP contribution in [0.1, 0.15) is 6.92 Å². The van der Waals surface area contributed by atoms with E-state index in [1.807, 2.05) is 43.3 Å². The van der Waals surface area contributed by atoms with Gasteiger partial charge in [-0.15, -0.1) is 0 Å². The Morgan fingerprint density at radius 1 is 1.04 bits per heavy atom. The average Bonchev–Trinajstić information content (AvgIpc) is 2.60. The second-order valence-electron chi connectivity index (χ2n) is 5.17. The van der Waals surface area contributed by atoms with Gasteiger partial charge in [0.2, 0.25) is 0 Å². The monoisotopic (exact) mass is 355 g/mol. The highest BCUT2D eigenvalue weighted by atomic mass is 35.5. The number of nitrogens with zero attached hydrogens (tertiary/aromatic N) is 2. The number of para-hydroxylation sites is 2. The number of anilines is 5. The summed E-state index contributed by atoms with van der Waals surface area (Å²) in [5.74, 6) is 1.72. The SMILES string of the molecule is CCOc1ccccc1Nc1ncnc(Nc2cccc(Cl)c2)c1N. The molecule has 0 saturated heterocycles. The normalized spacial score (nSPS) is 10.3. The number of hydrogen-bond acceptors (Lipinski definition) is 6. The number of nitrogens with one attached hydrogen (secondary N) is 2. The quantitative estimate of drug-likeness (QED) is 0.599. The Kier molecular flexibility index (Phi) is 5.20. The van der Waals surface area contributed by atoms with Gasteiger partial charge in [0.25, 0.3) is 0 Å². The van der Waals surface area contributed by atoms with Crippen molar-refractivity contribution in [1.29, 1.82) is 0 Å². The molecule has 0 atom stereocenters. The first-order chi connectivity index (χ1) is 12.2. The van der Waals surface area contributed by atoms with Crippen molar-refractivity contribution in [3.05, 3.63) is 59.9 Å². The fraction of sp³-hybridized carbons (Fsp3) is 0.111. The van der Waals surface area contributed by atoms with E-state index in [1.165, 1.54) is 6.33 Å². The minimum Gasteiger partial charge on any atom is -0.492 e. The highest BCUT2D eigenvalue weighted by Gasteiger charge is 2.11. The molecule has 0 aliphatic carbocycles. The van der Waals surface area contributed by atoms with Crippen LogP contribution >= 0.6 is 11.6 Å². The highest BCUT2D eigenvalue weighted by Crippen LogP contribution is 2.32. The molecule has 1 heterocycles. The maximum absolute atomic E-state index is 6.22. The van der Waals surface area contributed by atoms with E-state index < -0.39 is 0 Å². The van der Waals surface area contributed by atoms with Crippen LogP contribution in [0, 0.1) is 0 Å². The molecule has 0 radical (unpaired) electrons. The fourth-order valence-corrected chi connectivity index (χ4v) is 2.47. The largest absolute Gasteiger partial charge is 0.492 e. The topological polar surface area (TPSA) is 85.1 Å². The first-order valence-electron chi connectivity index (χ1n) is 7.79. The average molecular weight is 356 g/mol. The molecule has 0 amide bonds. The van der Waals surface area contributed by atoms with E-state index in [-0.39, 0.29) is 0 Å². The van der Waals surface area contributed by atoms with Crippen LogP contribution in [0.3, 0.4) is 0 Å². The van der Waals surface area contributed by atoms with Gasteiger partial charge in [0.15, 0.2) is 11.6 Å². The van der Waals surface area contributed by atoms with E-state index in [9.17, 15) is 0 Å². The predicted molar refractivity (Wildman–Crippen MR) is 102 cm³/mol. The summed E-state index contributed by atoms with van der Waals surface area (Å²) in [7, 11) is 0. The molecule has 25 heavy (non-hydrogen) atoms. The van der Waals surface area contributed by atoms with Gasteiger partial charge >= 0.3 is 0 Å². The minimum absolute atomic E-state index is 0.397. The summed E-state index contributed by atoms with van der Waals surface area (Å²) in [6.45, 7) is 2.50. The lowest BCUT2D eigenvalue weighted by Gasteiger charge is -2.15. The molecule has 0 aliphatic heterocycles. The second-order valence-corrected chi connectivity index (χ2v) is 5.61. The molecule has 0 saturated carbocycles. The van der Waals surface area contributed by atoms with Crippen LogP contribution in [0.25, 0.3) is 0 Å². The second kappa shape index (κ2) is 7.72. The smallest absolute Gasteiger partial charge is 0.159 e. The van der Waals surface area contributed by atoms with Crippen LogP contribution in [-0.4, -0.2) is 16.6 Å². The minimum atomic E-state index is 0.397. The molecular weight excluding hydrogens is 338 g/mol. The zero-order chi connectivity index (χ0) is 17.6. The van der Waals surface area contributed by atoms with E-state index >= 15 is 0 Å². The molecule has 4 N–H and O–H groups in total. The molecule has 7 heteroatoms. The molecule has 128 valence electrons. The Morgan fingerprint density at radius 3 is 2.56 bits per heavy atom. The maximum Gasteiger partial charge on any atom is 0.159 e. The van der Waals surface area contributed by atoms with Crippen molar-refractivity contribution in [3.8, 4) is 5.75 Å². The molecular formula is C18H18ClN5O. The molecule has 0 fully saturated rings. The highest BCUT2D eigenvalue weighted by molar-refractivity contribution is 6.30. The van der Waals surface area contributed by atoms with Gasteiger partial charge < -0.3 is 21.1 Å². The molecule has 0 bridgehead atoms. The summed E-state index contributed by atoms with van der Waals surface area (Å²) in [6.07, 6.45) is 1.44. The molecule has 2 aromatic carbocycles. The Labute approximate surface area is 151 Å². The van der Waals surface area contributed by atoms with E-state index in [0.29, 0.717) is 29.0 Å². The van der Waals surface area contributed by atoms with Gasteiger partial charge in [-0.05, 0) is 37.3 Å². The lowest BCUT2D eigenvalue weighted by Crippen LogP contribution is -2.06. The van der Waals surface area contributed by atoms with Crippen LogP contribution < -0.4 is 21.1 Å². The van der Waals surface area contributed by atoms with Gasteiger partial charge in [-0.1, -0.05) is 29.8 Å². The van der Waals surface area contributed by atoms with Gasteiger partial charge in [0, 0.05) is 10.7 Å². The third-order valence-electron chi connectivity index (χ3n) is 3.41. The van der Waals surface area contributed by atoms with Gasteiger partial charge in [-0.3, -0.25) is 0 Å². The number of ether oxygens (including phenoxy) is 1. The Morgan fingerprint density at radius 2 is 1.80 bits per heavy atom. The van der Waals surface area contributed by atoms with E-state index in [2.05, 4.69) is 20.6 Å². The van der Waals surface area contributed by atoms with Gasteiger partial charge in [-0.25, -0.2) is 9.97 Å². The Bertz CT molecular complexity index is 872. The van der Waals surface area contributed by atoms with Crippen molar-refractivity contribution >= 4 is 40.3 Å². The summed E-state index contributed by atoms with van der Waals surface area (Å²) in [5, 5.41) is 6.97. The third kappa shape index (κ3) is 4.10. The number of nitrogen functional groups attached to an aromatic ring is 1. The number of benzene rings is 2. The van der Waals surface area contributed by atoms with Crippen LogP contribution in [0.5, 0.6) is 5.75 Å². The number of aromatic nitrogens is 2. The lowest BCUT2D eigenvalue weighted by atomic mass is 10.3. The van der Waals surface area contributed by atoms with Gasteiger partial charge in [-0.2, -0.15) is 0 Å². The van der Waals surface area contributed by atoms with Crippen LogP contribution in [0.15, 0.2) is 54.9 Å². The molecule has 0 spiro atoms. The van der Waals surface area contributed by atoms with Crippen molar-refractivity contribution < 1.29 is 4.74 Å². The Balaban J connectivity index is 1.86.